The summed E-state index contributed by atoms with van der Waals surface area (Å²) in [7, 11) is 3.52. The molecule has 1 atom stereocenters. The van der Waals surface area contributed by atoms with Gasteiger partial charge in [0.05, 0.1) is 0 Å². The lowest BCUT2D eigenvalue weighted by Crippen LogP contribution is -2.79. The molecule has 3 aliphatic rings. The quantitative estimate of drug-likeness (QED) is 0.866. The van der Waals surface area contributed by atoms with Crippen molar-refractivity contribution in [1.29, 1.82) is 0 Å². The number of nitrogens with one attached hydrogen (secondary N) is 1. The predicted octanol–water partition coefficient (Wildman–Crippen LogP) is 1.61. The predicted molar refractivity (Wildman–Crippen MR) is 110 cm³/mol. The summed E-state index contributed by atoms with van der Waals surface area (Å²) in [6, 6.07) is 7.38. The fourth-order valence-corrected chi connectivity index (χ4v) is 4.44. The topological polar surface area (TPSA) is 54.6 Å². The summed E-state index contributed by atoms with van der Waals surface area (Å²) < 4.78 is 0. The molecule has 0 spiro atoms. The van der Waals surface area contributed by atoms with Gasteiger partial charge in [-0.1, -0.05) is 31.4 Å². The largest absolute Gasteiger partial charge is 0.345 e. The Kier molecular flexibility index (Phi) is 5.16. The zero-order valence-electron chi connectivity index (χ0n) is 16.6. The highest BCUT2D eigenvalue weighted by Gasteiger charge is 2.40. The van der Waals surface area contributed by atoms with Gasteiger partial charge in [0.1, 0.15) is 0 Å². The SMILES string of the molecule is CN(C)C(=O)c1cccc(C2=CN(CC3CCCCC3)C(=O)C3[NH+]=CC=C23)c1. The number of rotatable bonds is 4. The highest BCUT2D eigenvalue weighted by molar-refractivity contribution is 6.02. The first-order chi connectivity index (χ1) is 13.5. The van der Waals surface area contributed by atoms with Crippen molar-refractivity contribution in [3.05, 3.63) is 53.2 Å². The molecular formula is C23H28N3O2+. The maximum atomic E-state index is 13.0. The second kappa shape index (κ2) is 7.74. The van der Waals surface area contributed by atoms with Crippen molar-refractivity contribution in [2.75, 3.05) is 20.6 Å². The summed E-state index contributed by atoms with van der Waals surface area (Å²) >= 11 is 0. The Morgan fingerprint density at radius 2 is 2.00 bits per heavy atom. The molecule has 28 heavy (non-hydrogen) atoms. The van der Waals surface area contributed by atoms with Crippen molar-refractivity contribution >= 4 is 23.6 Å². The van der Waals surface area contributed by atoms with E-state index in [2.05, 4.69) is 4.99 Å². The van der Waals surface area contributed by atoms with Gasteiger partial charge in [-0.3, -0.25) is 9.59 Å². The molecule has 146 valence electrons. The molecule has 1 saturated carbocycles. The minimum Gasteiger partial charge on any atom is -0.345 e. The molecule has 1 N–H and O–H groups in total. The van der Waals surface area contributed by atoms with E-state index < -0.39 is 0 Å². The maximum absolute atomic E-state index is 13.0. The number of fused-ring (bicyclic) bond motifs is 1. The Morgan fingerprint density at radius 1 is 1.21 bits per heavy atom. The molecule has 2 aliphatic heterocycles. The summed E-state index contributed by atoms with van der Waals surface area (Å²) in [6.07, 6.45) is 12.1. The summed E-state index contributed by atoms with van der Waals surface area (Å²) in [5.41, 5.74) is 3.64. The highest BCUT2D eigenvalue weighted by atomic mass is 16.2. The standard InChI is InChI=1S/C23H27N3O2/c1-25(2)22(27)18-10-6-9-17(13-18)20-15-26(14-16-7-4-3-5-8-16)23(28)21-19(20)11-12-24-21/h6,9-13,15-16,21H,3-5,7-8,14H2,1-2H3/p+1. The first-order valence-corrected chi connectivity index (χ1v) is 10.2. The van der Waals surface area contributed by atoms with Crippen LogP contribution in [0.15, 0.2) is 42.1 Å². The second-order valence-electron chi connectivity index (χ2n) is 8.21. The molecule has 5 nitrogen and oxygen atoms in total. The van der Waals surface area contributed by atoms with E-state index in [-0.39, 0.29) is 17.9 Å². The van der Waals surface area contributed by atoms with Crippen molar-refractivity contribution < 1.29 is 14.6 Å². The molecule has 1 aromatic rings. The fraction of sp³-hybridized carbons (Fsp3) is 0.435. The number of carbonyl (C=O) groups is 2. The Bertz CT molecular complexity index is 876. The minimum atomic E-state index is -0.322. The van der Waals surface area contributed by atoms with Gasteiger partial charge in [0, 0.05) is 49.6 Å². The summed E-state index contributed by atoms with van der Waals surface area (Å²) in [6.45, 7) is 0.782. The number of hydrogen-bond acceptors (Lipinski definition) is 2. The van der Waals surface area contributed by atoms with E-state index in [4.69, 9.17) is 0 Å². The minimum absolute atomic E-state index is 0.0185. The molecule has 1 fully saturated rings. The van der Waals surface area contributed by atoms with E-state index in [0.29, 0.717) is 11.5 Å². The van der Waals surface area contributed by atoms with Crippen LogP contribution in [0.3, 0.4) is 0 Å². The van der Waals surface area contributed by atoms with Crippen molar-refractivity contribution in [2.24, 2.45) is 5.92 Å². The third kappa shape index (κ3) is 3.53. The Labute approximate surface area is 166 Å². The maximum Gasteiger partial charge on any atom is 0.300 e. The number of amides is 2. The molecule has 0 aromatic heterocycles. The van der Waals surface area contributed by atoms with Crippen molar-refractivity contribution in [2.45, 2.75) is 38.1 Å². The van der Waals surface area contributed by atoms with Crippen molar-refractivity contribution in [1.82, 2.24) is 9.80 Å². The van der Waals surface area contributed by atoms with Crippen LogP contribution >= 0.6 is 0 Å². The summed E-state index contributed by atoms with van der Waals surface area (Å²) in [4.78, 5) is 32.1. The molecule has 0 bridgehead atoms. The average Bonchev–Trinajstić information content (AvgIpc) is 3.20. The number of allylic oxidation sites excluding steroid dienone is 1. The van der Waals surface area contributed by atoms with Crippen LogP contribution in [0.2, 0.25) is 0 Å². The number of benzene rings is 1. The number of nitrogens with zero attached hydrogens (tertiary/aromatic N) is 2. The first-order valence-electron chi connectivity index (χ1n) is 10.2. The molecule has 2 heterocycles. The van der Waals surface area contributed by atoms with Gasteiger partial charge < -0.3 is 9.80 Å². The van der Waals surface area contributed by atoms with Crippen LogP contribution in [0.4, 0.5) is 0 Å². The van der Waals surface area contributed by atoms with Gasteiger partial charge in [0.15, 0.2) is 6.21 Å². The number of hydrogen-bond donors (Lipinski definition) is 1. The van der Waals surface area contributed by atoms with E-state index in [1.807, 2.05) is 47.7 Å². The number of carbonyl (C=O) groups excluding carboxylic acids is 2. The summed E-state index contributed by atoms with van der Waals surface area (Å²) in [5.74, 6) is 0.678. The van der Waals surface area contributed by atoms with Crippen LogP contribution in [0.5, 0.6) is 0 Å². The normalized spacial score (nSPS) is 22.0. The zero-order chi connectivity index (χ0) is 19.7. The highest BCUT2D eigenvalue weighted by Crippen LogP contribution is 2.33. The van der Waals surface area contributed by atoms with E-state index in [1.54, 1.807) is 19.0 Å². The smallest absolute Gasteiger partial charge is 0.300 e. The Morgan fingerprint density at radius 3 is 2.75 bits per heavy atom. The molecule has 2 amide bonds. The molecule has 0 saturated heterocycles. The molecule has 5 heteroatoms. The molecule has 1 aliphatic carbocycles. The third-order valence-electron chi connectivity index (χ3n) is 5.97. The van der Waals surface area contributed by atoms with Crippen LogP contribution in [-0.4, -0.2) is 54.5 Å². The van der Waals surface area contributed by atoms with Crippen LogP contribution in [0.25, 0.3) is 5.57 Å². The molecule has 0 radical (unpaired) electrons. The first kappa shape index (κ1) is 18.7. The van der Waals surface area contributed by atoms with Crippen LogP contribution in [0, 0.1) is 5.92 Å². The van der Waals surface area contributed by atoms with E-state index >= 15 is 0 Å². The van der Waals surface area contributed by atoms with E-state index in [1.165, 1.54) is 32.1 Å². The lowest BCUT2D eigenvalue weighted by Gasteiger charge is -2.32. The average molecular weight is 378 g/mol. The van der Waals surface area contributed by atoms with Crippen molar-refractivity contribution in [3.8, 4) is 0 Å². The fourth-order valence-electron chi connectivity index (χ4n) is 4.44. The molecule has 1 unspecified atom stereocenters. The van der Waals surface area contributed by atoms with Crippen LogP contribution < -0.4 is 4.99 Å². The Hall–Kier alpha value is -2.69. The molecular weight excluding hydrogens is 350 g/mol. The zero-order valence-corrected chi connectivity index (χ0v) is 16.6. The monoisotopic (exact) mass is 378 g/mol. The third-order valence-corrected chi connectivity index (χ3v) is 5.97. The Balaban J connectivity index is 1.67. The van der Waals surface area contributed by atoms with Crippen molar-refractivity contribution in [3.63, 3.8) is 0 Å². The molecule has 4 rings (SSSR count). The van der Waals surface area contributed by atoms with Gasteiger partial charge in [-0.15, -0.1) is 0 Å². The lowest BCUT2D eigenvalue weighted by molar-refractivity contribution is -0.467. The van der Waals surface area contributed by atoms with Gasteiger partial charge >= 0.3 is 0 Å². The molecule has 1 aromatic carbocycles. The van der Waals surface area contributed by atoms with Gasteiger partial charge in [0.25, 0.3) is 17.9 Å². The van der Waals surface area contributed by atoms with E-state index in [0.717, 1.165) is 23.3 Å². The summed E-state index contributed by atoms with van der Waals surface area (Å²) in [5, 5.41) is 0. The van der Waals surface area contributed by atoms with Gasteiger partial charge in [-0.05, 0) is 36.5 Å². The van der Waals surface area contributed by atoms with Gasteiger partial charge in [-0.25, -0.2) is 4.99 Å². The van der Waals surface area contributed by atoms with E-state index in [9.17, 15) is 9.59 Å². The lowest BCUT2D eigenvalue weighted by atomic mass is 9.86. The van der Waals surface area contributed by atoms with Crippen LogP contribution in [0.1, 0.15) is 48.0 Å². The van der Waals surface area contributed by atoms with Gasteiger partial charge in [-0.2, -0.15) is 0 Å². The van der Waals surface area contributed by atoms with Gasteiger partial charge in [0.2, 0.25) is 0 Å². The van der Waals surface area contributed by atoms with Crippen LogP contribution in [-0.2, 0) is 4.79 Å². The second-order valence-corrected chi connectivity index (χ2v) is 8.21.